The minimum atomic E-state index is -1.01. The first-order chi connectivity index (χ1) is 15.4. The highest BCUT2D eigenvalue weighted by molar-refractivity contribution is 6.31. The number of hydrogen-bond donors (Lipinski definition) is 2. The second-order valence-corrected chi connectivity index (χ2v) is 8.00. The van der Waals surface area contributed by atoms with E-state index < -0.39 is 5.54 Å². The van der Waals surface area contributed by atoms with Crippen molar-refractivity contribution in [3.8, 4) is 11.5 Å². The number of ketones is 1. The molecule has 2 aliphatic rings. The normalized spacial score (nSPS) is 17.3. The van der Waals surface area contributed by atoms with Crippen LogP contribution < -0.4 is 20.1 Å². The molecule has 3 N–H and O–H groups in total. The number of nitrogens with zero attached hydrogens (tertiary/aromatic N) is 3. The van der Waals surface area contributed by atoms with E-state index in [9.17, 15) is 9.59 Å². The number of nitrogens with two attached hydrogens (primary N) is 1. The van der Waals surface area contributed by atoms with Gasteiger partial charge < -0.3 is 30.0 Å². The molecular weight excluding hydrogens is 410 g/mol. The van der Waals surface area contributed by atoms with Gasteiger partial charge in [-0.15, -0.1) is 0 Å². The molecule has 0 saturated carbocycles. The number of aromatic amines is 1. The summed E-state index contributed by atoms with van der Waals surface area (Å²) in [6.45, 7) is 1.94. The van der Waals surface area contributed by atoms with Crippen molar-refractivity contribution in [1.82, 2.24) is 14.9 Å². The Morgan fingerprint density at radius 3 is 2.38 bits per heavy atom. The Kier molecular flexibility index (Phi) is 4.37. The Bertz CT molecular complexity index is 1230. The van der Waals surface area contributed by atoms with Crippen molar-refractivity contribution in [2.24, 2.45) is 5.73 Å². The second-order valence-electron chi connectivity index (χ2n) is 8.00. The van der Waals surface area contributed by atoms with Crippen LogP contribution in [0.5, 0.6) is 11.5 Å². The molecular formula is C23H23N5O4. The maximum atomic E-state index is 13.8. The van der Waals surface area contributed by atoms with Crippen LogP contribution in [-0.2, 0) is 9.59 Å². The van der Waals surface area contributed by atoms with Gasteiger partial charge in [0.25, 0.3) is 0 Å². The quantitative estimate of drug-likeness (QED) is 0.646. The SMILES string of the molecule is COc1cc(OC)cc(N2C(N)=C(c3nc4ccccc4[nH]3)C(=O)C23CN(C(C)=O)C3)c1. The molecule has 5 rings (SSSR count). The highest BCUT2D eigenvalue weighted by atomic mass is 16.5. The van der Waals surface area contributed by atoms with Crippen LogP contribution in [0.15, 0.2) is 48.3 Å². The van der Waals surface area contributed by atoms with Crippen LogP contribution >= 0.6 is 0 Å². The summed E-state index contributed by atoms with van der Waals surface area (Å²) in [5, 5.41) is 0. The van der Waals surface area contributed by atoms with E-state index >= 15 is 0 Å². The van der Waals surface area contributed by atoms with E-state index in [1.165, 1.54) is 6.92 Å². The van der Waals surface area contributed by atoms with Crippen molar-refractivity contribution in [3.05, 3.63) is 54.1 Å². The molecule has 9 heteroatoms. The number of H-pyrrole nitrogens is 1. The summed E-state index contributed by atoms with van der Waals surface area (Å²) in [6.07, 6.45) is 0. The first-order valence-electron chi connectivity index (χ1n) is 10.2. The average Bonchev–Trinajstić information content (AvgIpc) is 3.27. The number of methoxy groups -OCH3 is 2. The van der Waals surface area contributed by atoms with Gasteiger partial charge in [-0.25, -0.2) is 4.98 Å². The molecule has 0 radical (unpaired) electrons. The highest BCUT2D eigenvalue weighted by Crippen LogP contribution is 2.46. The van der Waals surface area contributed by atoms with E-state index in [0.717, 1.165) is 11.0 Å². The summed E-state index contributed by atoms with van der Waals surface area (Å²) in [5.74, 6) is 1.54. The standard InChI is InChI=1S/C23H23N5O4/c1-13(29)27-11-23(12-27)20(30)19(22-25-17-6-4-5-7-18(17)26-22)21(24)28(23)14-8-15(31-2)10-16(9-14)32-3/h4-10H,11-12,24H2,1-3H3,(H,25,26). The third-order valence-electron chi connectivity index (χ3n) is 6.15. The Balaban J connectivity index is 1.68. The van der Waals surface area contributed by atoms with E-state index in [4.69, 9.17) is 15.2 Å². The number of rotatable bonds is 4. The molecule has 1 saturated heterocycles. The van der Waals surface area contributed by atoms with Crippen LogP contribution in [0.1, 0.15) is 12.7 Å². The predicted octanol–water partition coefficient (Wildman–Crippen LogP) is 1.90. The zero-order valence-corrected chi connectivity index (χ0v) is 18.0. The van der Waals surface area contributed by atoms with E-state index in [0.29, 0.717) is 28.6 Å². The number of amides is 1. The lowest BCUT2D eigenvalue weighted by Gasteiger charge is -2.51. The topological polar surface area (TPSA) is 114 Å². The second kappa shape index (κ2) is 7.01. The fourth-order valence-electron chi connectivity index (χ4n) is 4.49. The number of hydrogen-bond acceptors (Lipinski definition) is 7. The molecule has 0 aliphatic carbocycles. The van der Waals surface area contributed by atoms with E-state index in [-0.39, 0.29) is 30.6 Å². The smallest absolute Gasteiger partial charge is 0.219 e. The van der Waals surface area contributed by atoms with E-state index in [2.05, 4.69) is 9.97 Å². The van der Waals surface area contributed by atoms with Crippen molar-refractivity contribution in [3.63, 3.8) is 0 Å². The van der Waals surface area contributed by atoms with Gasteiger partial charge in [0, 0.05) is 25.1 Å². The summed E-state index contributed by atoms with van der Waals surface area (Å²) >= 11 is 0. The van der Waals surface area contributed by atoms with Crippen molar-refractivity contribution in [2.45, 2.75) is 12.5 Å². The minimum Gasteiger partial charge on any atom is -0.497 e. The number of nitrogens with one attached hydrogen (secondary N) is 1. The number of aromatic nitrogens is 2. The van der Waals surface area contributed by atoms with Crippen LogP contribution in [0, 0.1) is 0 Å². The lowest BCUT2D eigenvalue weighted by atomic mass is 9.83. The molecule has 0 unspecified atom stereocenters. The van der Waals surface area contributed by atoms with Gasteiger partial charge in [-0.2, -0.15) is 0 Å². The number of carbonyl (C=O) groups excluding carboxylic acids is 2. The maximum absolute atomic E-state index is 13.8. The van der Waals surface area contributed by atoms with Gasteiger partial charge in [0.1, 0.15) is 34.3 Å². The summed E-state index contributed by atoms with van der Waals surface area (Å²) in [5.41, 5.74) is 8.12. The van der Waals surface area contributed by atoms with Gasteiger partial charge in [0.15, 0.2) is 5.78 Å². The van der Waals surface area contributed by atoms with Crippen LogP contribution in [0.4, 0.5) is 5.69 Å². The number of para-hydroxylation sites is 2. The van der Waals surface area contributed by atoms with Crippen LogP contribution in [0.3, 0.4) is 0 Å². The molecule has 3 heterocycles. The van der Waals surface area contributed by atoms with Gasteiger partial charge in [-0.3, -0.25) is 9.59 Å². The van der Waals surface area contributed by atoms with Gasteiger partial charge >= 0.3 is 0 Å². The number of carbonyl (C=O) groups is 2. The summed E-state index contributed by atoms with van der Waals surface area (Å²) < 4.78 is 10.8. The lowest BCUT2D eigenvalue weighted by molar-refractivity contribution is -0.139. The molecule has 2 aromatic carbocycles. The molecule has 0 atom stereocenters. The molecule has 0 bridgehead atoms. The number of fused-ring (bicyclic) bond motifs is 1. The number of anilines is 1. The number of benzene rings is 2. The third-order valence-corrected chi connectivity index (χ3v) is 6.15. The van der Waals surface area contributed by atoms with Crippen LogP contribution in [0.2, 0.25) is 0 Å². The molecule has 164 valence electrons. The Labute approximate surface area is 184 Å². The summed E-state index contributed by atoms with van der Waals surface area (Å²) in [4.78, 5) is 37.0. The molecule has 9 nitrogen and oxygen atoms in total. The molecule has 3 aromatic rings. The number of ether oxygens (including phenoxy) is 2. The number of likely N-dealkylation sites (tertiary alicyclic amines) is 1. The largest absolute Gasteiger partial charge is 0.497 e. The number of imidazole rings is 1. The molecule has 1 spiro atoms. The van der Waals surface area contributed by atoms with Gasteiger partial charge in [-0.1, -0.05) is 12.1 Å². The monoisotopic (exact) mass is 433 g/mol. The summed E-state index contributed by atoms with van der Waals surface area (Å²) in [6, 6.07) is 12.9. The lowest BCUT2D eigenvalue weighted by Crippen LogP contribution is -2.73. The first-order valence-corrected chi connectivity index (χ1v) is 10.2. The molecule has 32 heavy (non-hydrogen) atoms. The maximum Gasteiger partial charge on any atom is 0.219 e. The van der Waals surface area contributed by atoms with Crippen LogP contribution in [-0.4, -0.2) is 59.4 Å². The first kappa shape index (κ1) is 19.9. The Morgan fingerprint density at radius 1 is 1.12 bits per heavy atom. The van der Waals surface area contributed by atoms with Crippen LogP contribution in [0.25, 0.3) is 16.6 Å². The average molecular weight is 433 g/mol. The van der Waals surface area contributed by atoms with Crippen molar-refractivity contribution in [1.29, 1.82) is 0 Å². The van der Waals surface area contributed by atoms with Crippen molar-refractivity contribution < 1.29 is 19.1 Å². The van der Waals surface area contributed by atoms with Gasteiger partial charge in [0.2, 0.25) is 5.91 Å². The van der Waals surface area contributed by atoms with Gasteiger partial charge in [0.05, 0.1) is 44.0 Å². The molecule has 2 aliphatic heterocycles. The zero-order chi connectivity index (χ0) is 22.6. The van der Waals surface area contributed by atoms with Gasteiger partial charge in [-0.05, 0) is 12.1 Å². The zero-order valence-electron chi connectivity index (χ0n) is 18.0. The summed E-state index contributed by atoms with van der Waals surface area (Å²) in [7, 11) is 3.12. The Morgan fingerprint density at radius 2 is 1.78 bits per heavy atom. The number of Topliss-reactive ketones (excluding diaryl/α,β-unsaturated/α-hetero) is 1. The van der Waals surface area contributed by atoms with E-state index in [1.54, 1.807) is 42.2 Å². The minimum absolute atomic E-state index is 0.0950. The fourth-order valence-corrected chi connectivity index (χ4v) is 4.49. The fraction of sp³-hybridized carbons (Fsp3) is 0.261. The Hall–Kier alpha value is -4.01. The van der Waals surface area contributed by atoms with Crippen molar-refractivity contribution >= 4 is 34.0 Å². The third kappa shape index (κ3) is 2.74. The molecule has 1 aromatic heterocycles. The van der Waals surface area contributed by atoms with E-state index in [1.807, 2.05) is 24.3 Å². The van der Waals surface area contributed by atoms with Crippen molar-refractivity contribution in [2.75, 3.05) is 32.2 Å². The molecule has 1 fully saturated rings. The molecule has 1 amide bonds. The highest BCUT2D eigenvalue weighted by Gasteiger charge is 2.61. The predicted molar refractivity (Wildman–Crippen MR) is 119 cm³/mol.